The zero-order valence-corrected chi connectivity index (χ0v) is 33.5. The molecule has 1 saturated heterocycles. The second-order valence-corrected chi connectivity index (χ2v) is 14.9. The van der Waals surface area contributed by atoms with Gasteiger partial charge in [-0.1, -0.05) is 23.1 Å². The summed E-state index contributed by atoms with van der Waals surface area (Å²) in [6, 6.07) is 14.2. The lowest BCUT2D eigenvalue weighted by Crippen LogP contribution is -2.52. The number of pyridine rings is 1. The molecular formula is C45H40F2N8O7. The summed E-state index contributed by atoms with van der Waals surface area (Å²) in [5, 5.41) is 14.2. The van der Waals surface area contributed by atoms with Gasteiger partial charge in [-0.15, -0.1) is 5.10 Å². The van der Waals surface area contributed by atoms with Crippen molar-refractivity contribution in [3.8, 4) is 34.5 Å². The first-order chi connectivity index (χ1) is 30.0. The molecule has 4 amide bonds. The first-order valence-electron chi connectivity index (χ1n) is 20.0. The van der Waals surface area contributed by atoms with Gasteiger partial charge in [0.1, 0.15) is 29.7 Å². The van der Waals surface area contributed by atoms with Gasteiger partial charge in [-0.05, 0) is 79.8 Å². The number of aryl methyl sites for hydroxylation is 3. The lowest BCUT2D eigenvalue weighted by Gasteiger charge is -2.29. The normalized spacial score (nSPS) is 14.7. The smallest absolute Gasteiger partial charge is 0.274 e. The van der Waals surface area contributed by atoms with Crippen molar-refractivity contribution in [3.05, 3.63) is 124 Å². The van der Waals surface area contributed by atoms with Gasteiger partial charge < -0.3 is 29.2 Å². The summed E-state index contributed by atoms with van der Waals surface area (Å²) in [5.41, 5.74) is 4.31. The number of halogens is 2. The van der Waals surface area contributed by atoms with Crippen LogP contribution < -0.4 is 20.9 Å². The van der Waals surface area contributed by atoms with Crippen molar-refractivity contribution >= 4 is 40.2 Å². The van der Waals surface area contributed by atoms with Gasteiger partial charge in [0.2, 0.25) is 17.7 Å². The monoisotopic (exact) mass is 842 g/mol. The highest BCUT2D eigenvalue weighted by atomic mass is 19.1. The molecule has 0 spiro atoms. The molecule has 0 bridgehead atoms. The van der Waals surface area contributed by atoms with Crippen LogP contribution in [-0.4, -0.2) is 72.3 Å². The van der Waals surface area contributed by atoms with E-state index in [0.29, 0.717) is 77.7 Å². The largest absolute Gasteiger partial charge is 0.454 e. The highest BCUT2D eigenvalue weighted by Gasteiger charge is 2.39. The van der Waals surface area contributed by atoms with E-state index in [4.69, 9.17) is 9.47 Å². The number of imide groups is 1. The number of nitrogens with zero attached hydrogens (tertiary/aromatic N) is 5. The van der Waals surface area contributed by atoms with E-state index in [2.05, 4.69) is 37.8 Å². The van der Waals surface area contributed by atoms with Crippen molar-refractivity contribution in [1.82, 2.24) is 34.8 Å². The van der Waals surface area contributed by atoms with Crippen LogP contribution in [-0.2, 0) is 45.7 Å². The number of fused-ring (bicyclic) bond motifs is 2. The predicted octanol–water partition coefficient (Wildman–Crippen LogP) is 5.38. The van der Waals surface area contributed by atoms with E-state index in [1.807, 2.05) is 12.3 Å². The van der Waals surface area contributed by atoms with E-state index in [0.717, 1.165) is 23.4 Å². The molecule has 3 aromatic heterocycles. The minimum absolute atomic E-state index is 0.179. The molecule has 0 aliphatic carbocycles. The van der Waals surface area contributed by atoms with Crippen LogP contribution in [0.5, 0.6) is 11.5 Å². The summed E-state index contributed by atoms with van der Waals surface area (Å²) < 4.78 is 43.0. The number of anilines is 1. The number of nitrogens with one attached hydrogen (secondary N) is 3. The number of aromatic nitrogens is 5. The Morgan fingerprint density at radius 2 is 1.84 bits per heavy atom. The number of H-pyrrole nitrogens is 1. The Hall–Kier alpha value is -7.45. The molecule has 1 unspecified atom stereocenters. The van der Waals surface area contributed by atoms with Gasteiger partial charge in [-0.3, -0.25) is 34.0 Å². The number of piperidine rings is 1. The molecule has 2 aliphatic heterocycles. The third-order valence-corrected chi connectivity index (χ3v) is 10.6. The van der Waals surface area contributed by atoms with Crippen molar-refractivity contribution in [2.24, 2.45) is 7.05 Å². The molecular weight excluding hydrogens is 803 g/mol. The minimum Gasteiger partial charge on any atom is -0.454 e. The SMILES string of the molecule is Cn1cc(-c2cc(NC(=O)CCCc3cn(CCCOCC#Cc4cccc5c4CN(C4CCC(=O)NC4=O)C5=O)nn3)ccc2Oc2ccc(F)cc2F)c2cc[nH]c2c1=O. The average Bonchev–Trinajstić information content (AvgIpc) is 4.00. The number of hydrogen-bond acceptors (Lipinski definition) is 9. The molecule has 3 aromatic carbocycles. The predicted molar refractivity (Wildman–Crippen MR) is 222 cm³/mol. The maximum atomic E-state index is 14.6. The van der Waals surface area contributed by atoms with Crippen LogP contribution in [0.2, 0.25) is 0 Å². The zero-order chi connectivity index (χ0) is 43.3. The molecule has 15 nitrogen and oxygen atoms in total. The maximum Gasteiger partial charge on any atom is 0.274 e. The van der Waals surface area contributed by atoms with Gasteiger partial charge >= 0.3 is 0 Å². The molecule has 3 N–H and O–H groups in total. The van der Waals surface area contributed by atoms with Gasteiger partial charge in [0, 0.05) is 97.6 Å². The summed E-state index contributed by atoms with van der Waals surface area (Å²) in [7, 11) is 1.61. The Labute approximate surface area is 353 Å². The Morgan fingerprint density at radius 1 is 0.984 bits per heavy atom. The van der Waals surface area contributed by atoms with Crippen molar-refractivity contribution in [3.63, 3.8) is 0 Å². The number of benzene rings is 3. The van der Waals surface area contributed by atoms with Crippen LogP contribution >= 0.6 is 0 Å². The van der Waals surface area contributed by atoms with E-state index in [1.165, 1.54) is 15.5 Å². The van der Waals surface area contributed by atoms with Crippen molar-refractivity contribution in [1.29, 1.82) is 0 Å². The summed E-state index contributed by atoms with van der Waals surface area (Å²) in [4.78, 5) is 67.3. The Morgan fingerprint density at radius 3 is 2.68 bits per heavy atom. The zero-order valence-electron chi connectivity index (χ0n) is 33.5. The molecule has 1 fully saturated rings. The summed E-state index contributed by atoms with van der Waals surface area (Å²) in [5.74, 6) is 3.22. The Bertz CT molecular complexity index is 2860. The molecule has 316 valence electrons. The van der Waals surface area contributed by atoms with E-state index >= 15 is 0 Å². The summed E-state index contributed by atoms with van der Waals surface area (Å²) in [6.07, 6.45) is 7.45. The van der Waals surface area contributed by atoms with Crippen molar-refractivity contribution in [2.75, 3.05) is 18.5 Å². The van der Waals surface area contributed by atoms with Crippen LogP contribution in [0.15, 0.2) is 84.0 Å². The van der Waals surface area contributed by atoms with Gasteiger partial charge in [0.05, 0.1) is 5.69 Å². The quantitative estimate of drug-likeness (QED) is 0.0737. The van der Waals surface area contributed by atoms with Crippen LogP contribution in [0, 0.1) is 23.5 Å². The van der Waals surface area contributed by atoms with Crippen LogP contribution in [0.25, 0.3) is 22.0 Å². The molecule has 1 atom stereocenters. The first kappa shape index (κ1) is 41.3. The van der Waals surface area contributed by atoms with Crippen molar-refractivity contribution in [2.45, 2.75) is 57.7 Å². The maximum absolute atomic E-state index is 14.6. The molecule has 5 heterocycles. The first-order valence-corrected chi connectivity index (χ1v) is 20.0. The highest BCUT2D eigenvalue weighted by Crippen LogP contribution is 2.39. The van der Waals surface area contributed by atoms with E-state index in [-0.39, 0.29) is 60.8 Å². The number of ether oxygens (including phenoxy) is 2. The molecule has 8 rings (SSSR count). The topological polar surface area (TPSA) is 183 Å². The van der Waals surface area contributed by atoms with E-state index in [9.17, 15) is 32.8 Å². The van der Waals surface area contributed by atoms with Gasteiger partial charge in [0.25, 0.3) is 11.5 Å². The lowest BCUT2D eigenvalue weighted by atomic mass is 10.0. The van der Waals surface area contributed by atoms with Crippen LogP contribution in [0.1, 0.15) is 59.3 Å². The van der Waals surface area contributed by atoms with Gasteiger partial charge in [-0.2, -0.15) is 0 Å². The Balaban J connectivity index is 0.806. The fourth-order valence-corrected chi connectivity index (χ4v) is 7.57. The second-order valence-electron chi connectivity index (χ2n) is 14.9. The molecule has 62 heavy (non-hydrogen) atoms. The molecule has 6 aromatic rings. The fraction of sp³-hybridized carbons (Fsp3) is 0.267. The van der Waals surface area contributed by atoms with Crippen LogP contribution in [0.3, 0.4) is 0 Å². The number of hydrogen-bond donors (Lipinski definition) is 3. The fourth-order valence-electron chi connectivity index (χ4n) is 7.57. The standard InChI is InChI=1S/C45H40F2N8O7/c1-53-25-35(31-17-18-48-42(31)45(53)60)33-23-29(12-15-38(33)62-39-14-11-28(46)22-36(39)47)49-40(56)10-3-8-30-24-54(52-51-30)19-5-21-61-20-4-7-27-6-2-9-32-34(27)26-55(44(32)59)37-13-16-41(57)50-43(37)58/h2,6,9,11-12,14-15,17-18,22-25,37,48H,3,5,8,10,13,16,19-21,26H2,1H3,(H,49,56)(H,50,57,58). The Kier molecular flexibility index (Phi) is 12.0. The number of rotatable bonds is 14. The van der Waals surface area contributed by atoms with E-state index in [1.54, 1.807) is 60.5 Å². The van der Waals surface area contributed by atoms with E-state index < -0.39 is 23.6 Å². The molecule has 0 radical (unpaired) electrons. The third-order valence-electron chi connectivity index (χ3n) is 10.6. The molecule has 17 heteroatoms. The van der Waals surface area contributed by atoms with Crippen molar-refractivity contribution < 1.29 is 37.4 Å². The lowest BCUT2D eigenvalue weighted by molar-refractivity contribution is -0.137. The third kappa shape index (κ3) is 9.00. The summed E-state index contributed by atoms with van der Waals surface area (Å²) in [6.45, 7) is 1.41. The van der Waals surface area contributed by atoms with Gasteiger partial charge in [0.15, 0.2) is 11.6 Å². The average molecular weight is 843 g/mol. The summed E-state index contributed by atoms with van der Waals surface area (Å²) >= 11 is 0. The number of carbonyl (C=O) groups is 4. The number of aromatic amines is 1. The highest BCUT2D eigenvalue weighted by molar-refractivity contribution is 6.05. The number of carbonyl (C=O) groups excluding carboxylic acids is 4. The molecule has 0 saturated carbocycles. The van der Waals surface area contributed by atoms with Gasteiger partial charge in [-0.25, -0.2) is 8.78 Å². The number of amides is 4. The minimum atomic E-state index is -0.884. The molecule has 2 aliphatic rings. The second kappa shape index (κ2) is 18.0. The van der Waals surface area contributed by atoms with Crippen LogP contribution in [0.4, 0.5) is 14.5 Å².